The minimum absolute atomic E-state index is 0.0147. The number of hydrogen-bond donors (Lipinski definition) is 2. The van der Waals surface area contributed by atoms with E-state index in [9.17, 15) is 4.79 Å². The van der Waals surface area contributed by atoms with Crippen LogP contribution < -0.4 is 10.5 Å². The summed E-state index contributed by atoms with van der Waals surface area (Å²) in [6.07, 6.45) is 7.39. The van der Waals surface area contributed by atoms with E-state index in [2.05, 4.69) is 15.0 Å². The van der Waals surface area contributed by atoms with Crippen LogP contribution in [0.5, 0.6) is 5.88 Å². The molecular weight excluding hydrogens is 326 g/mol. The molecule has 0 amide bonds. The normalized spacial score (nSPS) is 15.5. The molecule has 3 rings (SSSR count). The van der Waals surface area contributed by atoms with Crippen LogP contribution in [0.2, 0.25) is 0 Å². The third-order valence-electron chi connectivity index (χ3n) is 4.22. The van der Waals surface area contributed by atoms with Crippen LogP contribution in [0.4, 0.5) is 5.95 Å². The summed E-state index contributed by atoms with van der Waals surface area (Å²) in [5.41, 5.74) is 7.01. The minimum Gasteiger partial charge on any atom is -0.481 e. The van der Waals surface area contributed by atoms with Crippen molar-refractivity contribution in [1.82, 2.24) is 19.5 Å². The van der Waals surface area contributed by atoms with Gasteiger partial charge in [-0.2, -0.15) is 9.97 Å². The largest absolute Gasteiger partial charge is 0.481 e. The third-order valence-corrected chi connectivity index (χ3v) is 4.22. The van der Waals surface area contributed by atoms with Gasteiger partial charge in [-0.05, 0) is 25.7 Å². The minimum atomic E-state index is -0.877. The topological polar surface area (TPSA) is 125 Å². The van der Waals surface area contributed by atoms with Crippen molar-refractivity contribution in [3.8, 4) is 5.88 Å². The molecule has 9 heteroatoms. The van der Waals surface area contributed by atoms with Crippen molar-refractivity contribution in [2.45, 2.75) is 51.2 Å². The van der Waals surface area contributed by atoms with Crippen LogP contribution in [-0.2, 0) is 16.1 Å². The molecule has 2 aromatic rings. The van der Waals surface area contributed by atoms with E-state index < -0.39 is 5.97 Å². The zero-order valence-corrected chi connectivity index (χ0v) is 14.1. The van der Waals surface area contributed by atoms with Crippen LogP contribution in [0.15, 0.2) is 6.33 Å². The van der Waals surface area contributed by atoms with E-state index in [1.54, 1.807) is 6.33 Å². The van der Waals surface area contributed by atoms with Crippen molar-refractivity contribution >= 4 is 23.1 Å². The molecule has 0 saturated heterocycles. The quantitative estimate of drug-likeness (QED) is 0.689. The van der Waals surface area contributed by atoms with Crippen molar-refractivity contribution in [1.29, 1.82) is 0 Å². The first-order chi connectivity index (χ1) is 12.1. The van der Waals surface area contributed by atoms with Gasteiger partial charge in [-0.1, -0.05) is 6.42 Å². The Morgan fingerprint density at radius 2 is 2.08 bits per heavy atom. The van der Waals surface area contributed by atoms with E-state index in [4.69, 9.17) is 20.3 Å². The van der Waals surface area contributed by atoms with Crippen LogP contribution in [-0.4, -0.2) is 49.9 Å². The van der Waals surface area contributed by atoms with Gasteiger partial charge >= 0.3 is 5.97 Å². The Balaban J connectivity index is 1.68. The second kappa shape index (κ2) is 8.11. The Labute approximate surface area is 145 Å². The average molecular weight is 349 g/mol. The molecule has 0 spiro atoms. The number of nitrogens with zero attached hydrogens (tertiary/aromatic N) is 4. The SMILES string of the molecule is Nc1nc(OC2CCCCC2)c2ncn(CCOCCC(=O)O)c2n1. The van der Waals surface area contributed by atoms with E-state index in [0.717, 1.165) is 25.7 Å². The summed E-state index contributed by atoms with van der Waals surface area (Å²) in [4.78, 5) is 23.3. The smallest absolute Gasteiger partial charge is 0.305 e. The first-order valence-corrected chi connectivity index (χ1v) is 8.58. The molecule has 136 valence electrons. The maximum Gasteiger partial charge on any atom is 0.305 e. The van der Waals surface area contributed by atoms with Gasteiger partial charge in [-0.3, -0.25) is 4.79 Å². The summed E-state index contributed by atoms with van der Waals surface area (Å²) < 4.78 is 13.1. The van der Waals surface area contributed by atoms with Crippen molar-refractivity contribution in [3.05, 3.63) is 6.33 Å². The fraction of sp³-hybridized carbons (Fsp3) is 0.625. The fourth-order valence-electron chi connectivity index (χ4n) is 2.95. The number of rotatable bonds is 8. The van der Waals surface area contributed by atoms with Gasteiger partial charge in [0.05, 0.1) is 26.0 Å². The molecule has 25 heavy (non-hydrogen) atoms. The van der Waals surface area contributed by atoms with Gasteiger partial charge < -0.3 is 24.9 Å². The molecule has 2 aromatic heterocycles. The van der Waals surface area contributed by atoms with Gasteiger partial charge in [0.15, 0.2) is 11.2 Å². The Kier molecular flexibility index (Phi) is 5.64. The number of aromatic nitrogens is 4. The van der Waals surface area contributed by atoms with E-state index in [0.29, 0.717) is 30.2 Å². The maximum absolute atomic E-state index is 10.5. The molecule has 1 aliphatic carbocycles. The lowest BCUT2D eigenvalue weighted by Crippen LogP contribution is -2.20. The number of fused-ring (bicyclic) bond motifs is 1. The Hall–Kier alpha value is -2.42. The Morgan fingerprint density at radius 3 is 2.84 bits per heavy atom. The number of carbonyl (C=O) groups is 1. The average Bonchev–Trinajstić information content (AvgIpc) is 2.98. The van der Waals surface area contributed by atoms with Gasteiger partial charge in [0.1, 0.15) is 6.10 Å². The number of carboxylic acid groups (broad SMARTS) is 1. The number of aliphatic carboxylic acids is 1. The molecule has 2 heterocycles. The third kappa shape index (κ3) is 4.56. The molecule has 1 aliphatic rings. The van der Waals surface area contributed by atoms with E-state index in [1.165, 1.54) is 6.42 Å². The predicted octanol–water partition coefficient (Wildman–Crippen LogP) is 1.61. The first-order valence-electron chi connectivity index (χ1n) is 8.58. The molecular formula is C16H23N5O4. The van der Waals surface area contributed by atoms with Crippen LogP contribution in [0.3, 0.4) is 0 Å². The second-order valence-corrected chi connectivity index (χ2v) is 6.13. The highest BCUT2D eigenvalue weighted by molar-refractivity contribution is 5.77. The molecule has 0 radical (unpaired) electrons. The molecule has 9 nitrogen and oxygen atoms in total. The molecule has 0 atom stereocenters. The molecule has 1 saturated carbocycles. The Bertz CT molecular complexity index is 727. The van der Waals surface area contributed by atoms with Crippen LogP contribution in [0.1, 0.15) is 38.5 Å². The van der Waals surface area contributed by atoms with Crippen LogP contribution in [0.25, 0.3) is 11.2 Å². The number of nitrogen functional groups attached to an aromatic ring is 1. The van der Waals surface area contributed by atoms with Gasteiger partial charge in [0, 0.05) is 6.54 Å². The zero-order valence-electron chi connectivity index (χ0n) is 14.1. The van der Waals surface area contributed by atoms with Crippen molar-refractivity contribution in [2.75, 3.05) is 18.9 Å². The molecule has 0 aliphatic heterocycles. The molecule has 0 aromatic carbocycles. The van der Waals surface area contributed by atoms with E-state index in [-0.39, 0.29) is 25.1 Å². The second-order valence-electron chi connectivity index (χ2n) is 6.13. The lowest BCUT2D eigenvalue weighted by atomic mass is 9.98. The predicted molar refractivity (Wildman–Crippen MR) is 90.3 cm³/mol. The highest BCUT2D eigenvalue weighted by Gasteiger charge is 2.19. The maximum atomic E-state index is 10.5. The van der Waals surface area contributed by atoms with Crippen LogP contribution >= 0.6 is 0 Å². The summed E-state index contributed by atoms with van der Waals surface area (Å²) in [6.45, 7) is 1.03. The highest BCUT2D eigenvalue weighted by Crippen LogP contribution is 2.27. The van der Waals surface area contributed by atoms with Crippen molar-refractivity contribution in [3.63, 3.8) is 0 Å². The van der Waals surface area contributed by atoms with Crippen molar-refractivity contribution in [2.24, 2.45) is 0 Å². The number of anilines is 1. The molecule has 0 bridgehead atoms. The number of hydrogen-bond acceptors (Lipinski definition) is 7. The first kappa shape index (κ1) is 17.4. The van der Waals surface area contributed by atoms with Crippen LogP contribution in [0, 0.1) is 0 Å². The highest BCUT2D eigenvalue weighted by atomic mass is 16.5. The molecule has 1 fully saturated rings. The lowest BCUT2D eigenvalue weighted by molar-refractivity contribution is -0.138. The number of ether oxygens (including phenoxy) is 2. The summed E-state index contributed by atoms with van der Waals surface area (Å²) in [5.74, 6) is -0.301. The number of imidazole rings is 1. The number of carboxylic acids is 1. The fourth-order valence-corrected chi connectivity index (χ4v) is 2.95. The summed E-state index contributed by atoms with van der Waals surface area (Å²) >= 11 is 0. The van der Waals surface area contributed by atoms with Gasteiger partial charge in [0.2, 0.25) is 11.8 Å². The van der Waals surface area contributed by atoms with Gasteiger partial charge in [0.25, 0.3) is 0 Å². The zero-order chi connectivity index (χ0) is 17.6. The molecule has 3 N–H and O–H groups in total. The van der Waals surface area contributed by atoms with Crippen molar-refractivity contribution < 1.29 is 19.4 Å². The van der Waals surface area contributed by atoms with E-state index in [1.807, 2.05) is 4.57 Å². The van der Waals surface area contributed by atoms with E-state index >= 15 is 0 Å². The summed E-state index contributed by atoms with van der Waals surface area (Å²) in [6, 6.07) is 0. The standard InChI is InChI=1S/C16H23N5O4/c17-16-19-14-13(15(20-16)25-11-4-2-1-3-5-11)18-10-21(14)7-9-24-8-6-12(22)23/h10-11H,1-9H2,(H,22,23)(H2,17,19,20). The monoisotopic (exact) mass is 349 g/mol. The van der Waals surface area contributed by atoms with Gasteiger partial charge in [-0.25, -0.2) is 4.98 Å². The summed E-state index contributed by atoms with van der Waals surface area (Å²) in [5, 5.41) is 8.59. The number of nitrogens with two attached hydrogens (primary N) is 1. The van der Waals surface area contributed by atoms with Gasteiger partial charge in [-0.15, -0.1) is 0 Å². The Morgan fingerprint density at radius 1 is 1.28 bits per heavy atom. The molecule has 0 unspecified atom stereocenters. The summed E-state index contributed by atoms with van der Waals surface area (Å²) in [7, 11) is 0. The lowest BCUT2D eigenvalue weighted by Gasteiger charge is -2.22.